The van der Waals surface area contributed by atoms with Gasteiger partial charge in [-0.25, -0.2) is 0 Å². The van der Waals surface area contributed by atoms with Crippen LogP contribution >= 0.6 is 11.3 Å². The van der Waals surface area contributed by atoms with Gasteiger partial charge < -0.3 is 0 Å². The molecule has 1 saturated carbocycles. The van der Waals surface area contributed by atoms with Crippen molar-refractivity contribution in [2.24, 2.45) is 4.99 Å². The molecule has 0 aromatic carbocycles. The van der Waals surface area contributed by atoms with E-state index in [-0.39, 0.29) is 6.04 Å². The summed E-state index contributed by atoms with van der Waals surface area (Å²) in [4.78, 5) is 15.4. The van der Waals surface area contributed by atoms with E-state index in [1.807, 2.05) is 36.7 Å². The second-order valence-electron chi connectivity index (χ2n) is 6.45. The molecule has 0 spiro atoms. The first-order valence-electron chi connectivity index (χ1n) is 8.37. The summed E-state index contributed by atoms with van der Waals surface area (Å²) in [6.45, 7) is 2.05. The average Bonchev–Trinajstić information content (AvgIpc) is 3.27. The third-order valence-corrected chi connectivity index (χ3v) is 5.99. The van der Waals surface area contributed by atoms with Gasteiger partial charge in [-0.2, -0.15) is 0 Å². The molecule has 3 aromatic rings. The lowest BCUT2D eigenvalue weighted by Gasteiger charge is -2.13. The number of allylic oxidation sites excluding steroid dienone is 1. The second-order valence-corrected chi connectivity index (χ2v) is 7.54. The maximum absolute atomic E-state index is 5.06. The lowest BCUT2D eigenvalue weighted by Crippen LogP contribution is -2.00. The molecule has 0 N–H and O–H groups in total. The van der Waals surface area contributed by atoms with Gasteiger partial charge in [-0.05, 0) is 56.0 Å². The van der Waals surface area contributed by atoms with Crippen molar-refractivity contribution in [1.82, 2.24) is 9.97 Å². The van der Waals surface area contributed by atoms with Crippen molar-refractivity contribution < 1.29 is 0 Å². The molecule has 24 heavy (non-hydrogen) atoms. The topological polar surface area (TPSA) is 38.1 Å². The van der Waals surface area contributed by atoms with Gasteiger partial charge >= 0.3 is 0 Å². The lowest BCUT2D eigenvalue weighted by molar-refractivity contribution is 0.861. The zero-order valence-corrected chi connectivity index (χ0v) is 14.3. The van der Waals surface area contributed by atoms with Crippen molar-refractivity contribution in [3.63, 3.8) is 0 Å². The summed E-state index contributed by atoms with van der Waals surface area (Å²) in [6, 6.07) is 10.7. The second kappa shape index (κ2) is 5.35. The van der Waals surface area contributed by atoms with Crippen LogP contribution in [0.3, 0.4) is 0 Å². The first-order valence-corrected chi connectivity index (χ1v) is 9.19. The third-order valence-electron chi connectivity index (χ3n) is 4.84. The van der Waals surface area contributed by atoms with Gasteiger partial charge in [0.25, 0.3) is 0 Å². The summed E-state index contributed by atoms with van der Waals surface area (Å²) in [5.41, 5.74) is 6.25. The van der Waals surface area contributed by atoms with E-state index in [4.69, 9.17) is 9.98 Å². The van der Waals surface area contributed by atoms with E-state index in [9.17, 15) is 0 Å². The predicted molar refractivity (Wildman–Crippen MR) is 99.5 cm³/mol. The van der Waals surface area contributed by atoms with Crippen molar-refractivity contribution in [2.45, 2.75) is 32.2 Å². The van der Waals surface area contributed by atoms with Crippen LogP contribution in [-0.2, 0) is 0 Å². The maximum Gasteiger partial charge on any atom is 0.119 e. The Morgan fingerprint density at radius 3 is 3.00 bits per heavy atom. The molecule has 0 amide bonds. The highest BCUT2D eigenvalue weighted by atomic mass is 32.1. The zero-order chi connectivity index (χ0) is 16.1. The quantitative estimate of drug-likeness (QED) is 0.652. The number of pyridine rings is 2. The first kappa shape index (κ1) is 14.1. The minimum atomic E-state index is 0.0521. The van der Waals surface area contributed by atoms with Crippen molar-refractivity contribution in [3.8, 4) is 0 Å². The largest absolute Gasteiger partial charge is 0.275 e. The molecule has 4 heteroatoms. The van der Waals surface area contributed by atoms with E-state index in [1.54, 1.807) is 0 Å². The Morgan fingerprint density at radius 1 is 1.17 bits per heavy atom. The highest BCUT2D eigenvalue weighted by molar-refractivity contribution is 7.20. The molecule has 1 unspecified atom stereocenters. The standard InChI is InChI=1S/C20H17N3S/c1-12-4-2-7-16(22-12)20-19(14-5-3-6-15(14)23-20)18-10-13-11-21-9-8-17(13)24-18/h2,4,7-11,20H,3,5-6H2,1H3. The SMILES string of the molecule is Cc1cccc(C2N=C3CCCC3=C2c2cc3cnccc3s2)n1. The molecule has 4 heterocycles. The fourth-order valence-corrected chi connectivity index (χ4v) is 4.90. The Kier molecular flexibility index (Phi) is 3.13. The minimum absolute atomic E-state index is 0.0521. The summed E-state index contributed by atoms with van der Waals surface area (Å²) in [6.07, 6.45) is 7.28. The van der Waals surface area contributed by atoms with Crippen LogP contribution in [0.1, 0.15) is 41.6 Å². The highest BCUT2D eigenvalue weighted by Gasteiger charge is 2.34. The summed E-state index contributed by atoms with van der Waals surface area (Å²) in [5, 5.41) is 1.22. The molecule has 5 rings (SSSR count). The predicted octanol–water partition coefficient (Wildman–Crippen LogP) is 5.13. The number of rotatable bonds is 2. The molecule has 2 aliphatic rings. The molecule has 3 aromatic heterocycles. The number of thiophene rings is 1. The molecule has 3 nitrogen and oxygen atoms in total. The van der Waals surface area contributed by atoms with Crippen LogP contribution in [0.2, 0.25) is 0 Å². The van der Waals surface area contributed by atoms with Gasteiger partial charge in [-0.3, -0.25) is 15.0 Å². The van der Waals surface area contributed by atoms with Crippen LogP contribution in [0.25, 0.3) is 15.7 Å². The Labute approximate surface area is 144 Å². The van der Waals surface area contributed by atoms with Crippen LogP contribution in [0.5, 0.6) is 0 Å². The van der Waals surface area contributed by atoms with Crippen molar-refractivity contribution >= 4 is 32.7 Å². The smallest absolute Gasteiger partial charge is 0.119 e. The number of aliphatic imine (C=N–C) groups is 1. The number of hydrogen-bond donors (Lipinski definition) is 0. The van der Waals surface area contributed by atoms with Gasteiger partial charge in [0.2, 0.25) is 0 Å². The number of hydrogen-bond acceptors (Lipinski definition) is 4. The number of aryl methyl sites for hydroxylation is 1. The van der Waals surface area contributed by atoms with E-state index in [0.717, 1.165) is 24.2 Å². The Balaban J connectivity index is 1.69. The van der Waals surface area contributed by atoms with Crippen LogP contribution in [-0.4, -0.2) is 15.7 Å². The monoisotopic (exact) mass is 331 g/mol. The van der Waals surface area contributed by atoms with E-state index >= 15 is 0 Å². The van der Waals surface area contributed by atoms with Crippen molar-refractivity contribution in [3.05, 3.63) is 64.6 Å². The van der Waals surface area contributed by atoms with Crippen molar-refractivity contribution in [1.29, 1.82) is 0 Å². The van der Waals surface area contributed by atoms with Gasteiger partial charge in [-0.15, -0.1) is 11.3 Å². The van der Waals surface area contributed by atoms with Crippen LogP contribution in [0.4, 0.5) is 0 Å². The normalized spacial score (nSPS) is 19.9. The van der Waals surface area contributed by atoms with E-state index in [1.165, 1.54) is 38.2 Å². The summed E-state index contributed by atoms with van der Waals surface area (Å²) >= 11 is 1.85. The lowest BCUT2D eigenvalue weighted by atomic mass is 9.98. The van der Waals surface area contributed by atoms with E-state index in [0.29, 0.717) is 0 Å². The van der Waals surface area contributed by atoms with Gasteiger partial charge in [0.1, 0.15) is 6.04 Å². The Hall–Kier alpha value is -2.33. The van der Waals surface area contributed by atoms with E-state index in [2.05, 4.69) is 29.2 Å². The minimum Gasteiger partial charge on any atom is -0.275 e. The van der Waals surface area contributed by atoms with Crippen LogP contribution < -0.4 is 0 Å². The molecule has 1 aliphatic carbocycles. The molecular formula is C20H17N3S. The molecule has 118 valence electrons. The molecule has 0 saturated heterocycles. The van der Waals surface area contributed by atoms with E-state index < -0.39 is 0 Å². The molecule has 1 aliphatic heterocycles. The molecule has 1 fully saturated rings. The number of nitrogens with zero attached hydrogens (tertiary/aromatic N) is 3. The fraction of sp³-hybridized carbons (Fsp3) is 0.250. The van der Waals surface area contributed by atoms with Crippen LogP contribution in [0.15, 0.2) is 53.3 Å². The van der Waals surface area contributed by atoms with Gasteiger partial charge in [0.15, 0.2) is 0 Å². The fourth-order valence-electron chi connectivity index (χ4n) is 3.78. The van der Waals surface area contributed by atoms with Gasteiger partial charge in [0.05, 0.1) is 5.69 Å². The number of fused-ring (bicyclic) bond motifs is 2. The van der Waals surface area contributed by atoms with Gasteiger partial charge in [0, 0.05) is 44.3 Å². The first-order chi connectivity index (χ1) is 11.8. The summed E-state index contributed by atoms with van der Waals surface area (Å²) in [7, 11) is 0. The molecular weight excluding hydrogens is 314 g/mol. The zero-order valence-electron chi connectivity index (χ0n) is 13.5. The molecule has 0 bridgehead atoms. The highest BCUT2D eigenvalue weighted by Crippen LogP contribution is 2.48. The molecule has 0 radical (unpaired) electrons. The Bertz CT molecular complexity index is 979. The van der Waals surface area contributed by atoms with Crippen LogP contribution in [0, 0.1) is 6.92 Å². The summed E-state index contributed by atoms with van der Waals surface area (Å²) < 4.78 is 1.29. The van der Waals surface area contributed by atoms with Gasteiger partial charge in [-0.1, -0.05) is 6.07 Å². The molecule has 1 atom stereocenters. The Morgan fingerprint density at radius 2 is 2.12 bits per heavy atom. The summed E-state index contributed by atoms with van der Waals surface area (Å²) in [5.74, 6) is 0. The van der Waals surface area contributed by atoms with Crippen molar-refractivity contribution in [2.75, 3.05) is 0 Å². The number of aromatic nitrogens is 2. The maximum atomic E-state index is 5.06. The third kappa shape index (κ3) is 2.13. The average molecular weight is 331 g/mol.